The molecule has 0 aliphatic heterocycles. The van der Waals surface area contributed by atoms with Gasteiger partial charge >= 0.3 is 0 Å². The Labute approximate surface area is 179 Å². The van der Waals surface area contributed by atoms with Crippen LogP contribution in [0.25, 0.3) is 10.2 Å². The fourth-order valence-corrected chi connectivity index (χ4v) is 5.63. The zero-order valence-electron chi connectivity index (χ0n) is 16.5. The summed E-state index contributed by atoms with van der Waals surface area (Å²) >= 11 is 3.31. The first kappa shape index (κ1) is 21.8. The van der Waals surface area contributed by atoms with Gasteiger partial charge in [-0.05, 0) is 43.2 Å². The number of nitrogens with one attached hydrogen (secondary N) is 1. The smallest absolute Gasteiger partial charge is 0.242 e. The molecular formula is C20H23N3O3S3. The highest BCUT2D eigenvalue weighted by molar-refractivity contribution is 8.01. The number of nitrogens with zero attached hydrogens (tertiary/aromatic N) is 2. The zero-order valence-corrected chi connectivity index (χ0v) is 19.0. The van der Waals surface area contributed by atoms with Crippen LogP contribution in [0.3, 0.4) is 0 Å². The number of benzene rings is 2. The Morgan fingerprint density at radius 1 is 1.21 bits per heavy atom. The maximum absolute atomic E-state index is 12.3. The summed E-state index contributed by atoms with van der Waals surface area (Å²) in [5.74, 6) is 0.666. The Balaban J connectivity index is 1.54. The van der Waals surface area contributed by atoms with Crippen LogP contribution < -0.4 is 5.32 Å². The second-order valence-electron chi connectivity index (χ2n) is 6.71. The summed E-state index contributed by atoms with van der Waals surface area (Å²) in [5.41, 5.74) is 2.34. The van der Waals surface area contributed by atoms with Gasteiger partial charge in [0.2, 0.25) is 15.9 Å². The normalized spacial score (nSPS) is 11.9. The Morgan fingerprint density at radius 3 is 2.69 bits per heavy atom. The molecule has 0 radical (unpaired) electrons. The van der Waals surface area contributed by atoms with E-state index in [1.165, 1.54) is 20.2 Å². The summed E-state index contributed by atoms with van der Waals surface area (Å²) in [6, 6.07) is 12.8. The van der Waals surface area contributed by atoms with Crippen molar-refractivity contribution in [3.8, 4) is 0 Å². The number of para-hydroxylation sites is 1. The predicted molar refractivity (Wildman–Crippen MR) is 120 cm³/mol. The highest BCUT2D eigenvalue weighted by Crippen LogP contribution is 2.30. The number of thiazole rings is 1. The molecule has 1 amide bonds. The molecule has 0 fully saturated rings. The fraction of sp³-hybridized carbons (Fsp3) is 0.300. The molecular weight excluding hydrogens is 426 g/mol. The molecule has 0 spiro atoms. The molecule has 6 nitrogen and oxygen atoms in total. The highest BCUT2D eigenvalue weighted by atomic mass is 32.2. The van der Waals surface area contributed by atoms with E-state index in [1.54, 1.807) is 35.2 Å². The fourth-order valence-electron chi connectivity index (χ4n) is 2.62. The third-order valence-electron chi connectivity index (χ3n) is 4.31. The number of aryl methyl sites for hydroxylation is 1. The van der Waals surface area contributed by atoms with E-state index >= 15 is 0 Å². The molecule has 0 atom stereocenters. The molecule has 1 aromatic heterocycles. The Kier molecular flexibility index (Phi) is 6.94. The second-order valence-corrected chi connectivity index (χ2v) is 11.2. The van der Waals surface area contributed by atoms with E-state index in [-0.39, 0.29) is 10.8 Å². The molecule has 0 saturated carbocycles. The topological polar surface area (TPSA) is 79.4 Å². The van der Waals surface area contributed by atoms with Crippen molar-refractivity contribution in [3.63, 3.8) is 0 Å². The van der Waals surface area contributed by atoms with Gasteiger partial charge in [0.05, 0.1) is 15.1 Å². The standard InChI is InChI=1S/C20H23N3O3S3/c1-14-10-11-15(29(25,26)23(2)3)13-17(14)21-19(24)9-6-12-27-20-22-16-7-4-5-8-18(16)28-20/h4-5,7-8,10-11,13H,6,9,12H2,1-3H3,(H,21,24). The quantitative estimate of drug-likeness (QED) is 0.408. The minimum Gasteiger partial charge on any atom is -0.326 e. The number of carbonyl (C=O) groups is 1. The predicted octanol–water partition coefficient (Wildman–Crippen LogP) is 4.37. The highest BCUT2D eigenvalue weighted by Gasteiger charge is 2.18. The molecule has 0 saturated heterocycles. The van der Waals surface area contributed by atoms with Crippen LogP contribution in [0, 0.1) is 6.92 Å². The average Bonchev–Trinajstić information content (AvgIpc) is 3.09. The molecule has 9 heteroatoms. The molecule has 0 bridgehead atoms. The van der Waals surface area contributed by atoms with Crippen molar-refractivity contribution in [1.29, 1.82) is 0 Å². The minimum absolute atomic E-state index is 0.127. The van der Waals surface area contributed by atoms with Gasteiger partial charge in [-0.15, -0.1) is 11.3 Å². The van der Waals surface area contributed by atoms with E-state index in [0.29, 0.717) is 18.5 Å². The van der Waals surface area contributed by atoms with Crippen molar-refractivity contribution in [1.82, 2.24) is 9.29 Å². The molecule has 154 valence electrons. The number of rotatable bonds is 8. The van der Waals surface area contributed by atoms with Crippen molar-refractivity contribution in [2.24, 2.45) is 0 Å². The van der Waals surface area contributed by atoms with E-state index < -0.39 is 10.0 Å². The molecule has 0 aliphatic rings. The van der Waals surface area contributed by atoms with Gasteiger partial charge in [0.25, 0.3) is 0 Å². The van der Waals surface area contributed by atoms with E-state index in [2.05, 4.69) is 16.4 Å². The van der Waals surface area contributed by atoms with E-state index in [1.807, 2.05) is 25.1 Å². The van der Waals surface area contributed by atoms with Gasteiger partial charge in [-0.25, -0.2) is 17.7 Å². The Bertz CT molecular complexity index is 1090. The second kappa shape index (κ2) is 9.25. The first-order valence-corrected chi connectivity index (χ1v) is 12.3. The lowest BCUT2D eigenvalue weighted by Gasteiger charge is -2.14. The minimum atomic E-state index is -3.54. The number of aromatic nitrogens is 1. The summed E-state index contributed by atoms with van der Waals surface area (Å²) in [5, 5.41) is 2.84. The van der Waals surface area contributed by atoms with Crippen molar-refractivity contribution in [3.05, 3.63) is 48.0 Å². The number of anilines is 1. The van der Waals surface area contributed by atoms with Crippen LogP contribution in [0.1, 0.15) is 18.4 Å². The molecule has 0 unspecified atom stereocenters. The lowest BCUT2D eigenvalue weighted by molar-refractivity contribution is -0.116. The van der Waals surface area contributed by atoms with Crippen LogP contribution in [0.5, 0.6) is 0 Å². The van der Waals surface area contributed by atoms with Gasteiger partial charge in [0.1, 0.15) is 0 Å². The van der Waals surface area contributed by atoms with Crippen LogP contribution in [0.15, 0.2) is 51.7 Å². The van der Waals surface area contributed by atoms with Gasteiger partial charge in [-0.2, -0.15) is 0 Å². The average molecular weight is 450 g/mol. The summed E-state index contributed by atoms with van der Waals surface area (Å²) in [4.78, 5) is 17.1. The number of thioether (sulfide) groups is 1. The van der Waals surface area contributed by atoms with Crippen LogP contribution in [-0.4, -0.2) is 43.5 Å². The van der Waals surface area contributed by atoms with Crippen molar-refractivity contribution in [2.75, 3.05) is 25.2 Å². The van der Waals surface area contributed by atoms with Crippen molar-refractivity contribution < 1.29 is 13.2 Å². The summed E-state index contributed by atoms with van der Waals surface area (Å²) in [7, 11) is -0.576. The molecule has 29 heavy (non-hydrogen) atoms. The van der Waals surface area contributed by atoms with Crippen molar-refractivity contribution in [2.45, 2.75) is 29.0 Å². The zero-order chi connectivity index (χ0) is 21.0. The SMILES string of the molecule is Cc1ccc(S(=O)(=O)N(C)C)cc1NC(=O)CCCSc1nc2ccccc2s1. The van der Waals surface area contributed by atoms with E-state index in [0.717, 1.165) is 30.2 Å². The van der Waals surface area contributed by atoms with E-state index in [4.69, 9.17) is 0 Å². The summed E-state index contributed by atoms with van der Waals surface area (Å²) in [6.07, 6.45) is 1.07. The van der Waals surface area contributed by atoms with Gasteiger partial charge in [0, 0.05) is 32.0 Å². The number of hydrogen-bond acceptors (Lipinski definition) is 6. The molecule has 0 aliphatic carbocycles. The maximum Gasteiger partial charge on any atom is 0.242 e. The first-order chi connectivity index (χ1) is 13.8. The number of carbonyl (C=O) groups excluding carboxylic acids is 1. The van der Waals surface area contributed by atoms with Gasteiger partial charge in [-0.1, -0.05) is 30.0 Å². The maximum atomic E-state index is 12.3. The summed E-state index contributed by atoms with van der Waals surface area (Å²) < 4.78 is 27.9. The molecule has 3 aromatic rings. The lowest BCUT2D eigenvalue weighted by Crippen LogP contribution is -2.22. The van der Waals surface area contributed by atoms with Crippen LogP contribution in [-0.2, 0) is 14.8 Å². The monoisotopic (exact) mass is 449 g/mol. The van der Waals surface area contributed by atoms with Crippen LogP contribution in [0.2, 0.25) is 0 Å². The number of hydrogen-bond donors (Lipinski definition) is 1. The Hall–Kier alpha value is -1.94. The Morgan fingerprint density at radius 2 is 1.97 bits per heavy atom. The third-order valence-corrected chi connectivity index (χ3v) is 8.39. The number of sulfonamides is 1. The molecule has 2 aromatic carbocycles. The number of amides is 1. The van der Waals surface area contributed by atoms with Gasteiger partial charge < -0.3 is 5.32 Å². The molecule has 1 heterocycles. The molecule has 3 rings (SSSR count). The largest absolute Gasteiger partial charge is 0.326 e. The summed E-state index contributed by atoms with van der Waals surface area (Å²) in [6.45, 7) is 1.84. The third kappa shape index (κ3) is 5.36. The van der Waals surface area contributed by atoms with E-state index in [9.17, 15) is 13.2 Å². The van der Waals surface area contributed by atoms with Gasteiger partial charge in [0.15, 0.2) is 4.34 Å². The van der Waals surface area contributed by atoms with Crippen molar-refractivity contribution >= 4 is 54.9 Å². The molecule has 1 N–H and O–H groups in total. The lowest BCUT2D eigenvalue weighted by atomic mass is 10.2. The van der Waals surface area contributed by atoms with Gasteiger partial charge in [-0.3, -0.25) is 4.79 Å². The van der Waals surface area contributed by atoms with Crippen LogP contribution in [0.4, 0.5) is 5.69 Å². The first-order valence-electron chi connectivity index (χ1n) is 9.09. The number of fused-ring (bicyclic) bond motifs is 1. The van der Waals surface area contributed by atoms with Crippen LogP contribution >= 0.6 is 23.1 Å².